The molecule has 2 aromatic rings. The topological polar surface area (TPSA) is 92.3 Å². The lowest BCUT2D eigenvalue weighted by Crippen LogP contribution is -2.50. The summed E-state index contributed by atoms with van der Waals surface area (Å²) >= 11 is 0. The Morgan fingerprint density at radius 2 is 2.09 bits per heavy atom. The van der Waals surface area contributed by atoms with Crippen molar-refractivity contribution in [2.45, 2.75) is 24.9 Å². The first-order valence-electron chi connectivity index (χ1n) is 7.70. The molecular formula is C17H20N4O2. The summed E-state index contributed by atoms with van der Waals surface area (Å²) in [5.74, 6) is 0.292. The Hall–Kier alpha value is -2.47. The number of rotatable bonds is 4. The fraction of sp³-hybridized carbons (Fsp3) is 0.353. The number of carbonyl (C=O) groups is 1. The number of pyridine rings is 2. The maximum absolute atomic E-state index is 11.2. The monoisotopic (exact) mass is 312 g/mol. The number of piperidine rings is 1. The third-order valence-electron chi connectivity index (χ3n) is 4.04. The zero-order valence-electron chi connectivity index (χ0n) is 12.9. The van der Waals surface area contributed by atoms with Gasteiger partial charge in [0.1, 0.15) is 5.82 Å². The van der Waals surface area contributed by atoms with E-state index in [1.54, 1.807) is 6.20 Å². The van der Waals surface area contributed by atoms with E-state index in [0.29, 0.717) is 13.0 Å². The van der Waals surface area contributed by atoms with Crippen molar-refractivity contribution in [3.8, 4) is 11.4 Å². The number of primary amides is 1. The van der Waals surface area contributed by atoms with E-state index in [-0.39, 0.29) is 6.42 Å². The molecule has 0 radical (unpaired) electrons. The normalized spacial score (nSPS) is 21.2. The van der Waals surface area contributed by atoms with Crippen LogP contribution in [0.4, 0.5) is 5.82 Å². The van der Waals surface area contributed by atoms with Gasteiger partial charge in [-0.2, -0.15) is 0 Å². The highest BCUT2D eigenvalue weighted by Gasteiger charge is 2.35. The van der Waals surface area contributed by atoms with Gasteiger partial charge in [-0.3, -0.25) is 9.78 Å². The Bertz CT molecular complexity index is 692. The second-order valence-electron chi connectivity index (χ2n) is 5.99. The van der Waals surface area contributed by atoms with Crippen LogP contribution in [0, 0.1) is 0 Å². The molecule has 0 spiro atoms. The quantitative estimate of drug-likeness (QED) is 0.889. The number of aliphatic hydroxyl groups is 1. The molecule has 1 saturated heterocycles. The molecular weight excluding hydrogens is 292 g/mol. The summed E-state index contributed by atoms with van der Waals surface area (Å²) in [6, 6.07) is 11.4. The number of carbonyl (C=O) groups excluding carboxylic acids is 1. The fourth-order valence-corrected chi connectivity index (χ4v) is 3.03. The van der Waals surface area contributed by atoms with Crippen LogP contribution in [0.25, 0.3) is 11.4 Å². The predicted octanol–water partition coefficient (Wildman–Crippen LogP) is 1.35. The second-order valence-corrected chi connectivity index (χ2v) is 5.99. The van der Waals surface area contributed by atoms with Gasteiger partial charge in [-0.05, 0) is 37.1 Å². The second kappa shape index (κ2) is 6.34. The highest BCUT2D eigenvalue weighted by Crippen LogP contribution is 2.28. The fourth-order valence-electron chi connectivity index (χ4n) is 3.03. The van der Waals surface area contributed by atoms with Crippen molar-refractivity contribution in [1.29, 1.82) is 0 Å². The molecule has 6 heteroatoms. The van der Waals surface area contributed by atoms with Gasteiger partial charge in [0.05, 0.1) is 23.4 Å². The highest BCUT2D eigenvalue weighted by atomic mass is 16.3. The van der Waals surface area contributed by atoms with E-state index in [1.807, 2.05) is 41.3 Å². The average Bonchev–Trinajstić information content (AvgIpc) is 2.55. The van der Waals surface area contributed by atoms with Crippen LogP contribution in [-0.4, -0.2) is 39.7 Å². The number of anilines is 1. The molecule has 1 unspecified atom stereocenters. The number of nitrogens with two attached hydrogens (primary N) is 1. The highest BCUT2D eigenvalue weighted by molar-refractivity contribution is 5.75. The molecule has 3 heterocycles. The maximum Gasteiger partial charge on any atom is 0.220 e. The number of β-amino-alcohol motifs (C(OH)–C–C–N with tert-alkyl or cyclic N) is 1. The van der Waals surface area contributed by atoms with E-state index >= 15 is 0 Å². The molecule has 23 heavy (non-hydrogen) atoms. The molecule has 120 valence electrons. The van der Waals surface area contributed by atoms with E-state index in [1.165, 1.54) is 0 Å². The van der Waals surface area contributed by atoms with Gasteiger partial charge in [-0.25, -0.2) is 4.98 Å². The van der Waals surface area contributed by atoms with Gasteiger partial charge in [0.25, 0.3) is 0 Å². The third kappa shape index (κ3) is 3.65. The lowest BCUT2D eigenvalue weighted by Gasteiger charge is -2.39. The first-order valence-corrected chi connectivity index (χ1v) is 7.70. The SMILES string of the molecule is NC(=O)CC1(O)CCCN(c2cccc(-c3ccccn3)n2)C1. The van der Waals surface area contributed by atoms with Crippen LogP contribution in [0.1, 0.15) is 19.3 Å². The van der Waals surface area contributed by atoms with Gasteiger partial charge in [-0.1, -0.05) is 12.1 Å². The van der Waals surface area contributed by atoms with E-state index in [0.717, 1.165) is 30.2 Å². The van der Waals surface area contributed by atoms with Gasteiger partial charge in [0.15, 0.2) is 0 Å². The molecule has 1 amide bonds. The molecule has 6 nitrogen and oxygen atoms in total. The largest absolute Gasteiger partial charge is 0.388 e. The van der Waals surface area contributed by atoms with Crippen LogP contribution in [0.5, 0.6) is 0 Å². The van der Waals surface area contributed by atoms with Crippen molar-refractivity contribution < 1.29 is 9.90 Å². The smallest absolute Gasteiger partial charge is 0.220 e. The molecule has 3 N–H and O–H groups in total. The molecule has 0 aliphatic carbocycles. The lowest BCUT2D eigenvalue weighted by atomic mass is 9.89. The maximum atomic E-state index is 11.2. The van der Waals surface area contributed by atoms with E-state index in [4.69, 9.17) is 5.73 Å². The zero-order chi connectivity index (χ0) is 16.3. The van der Waals surface area contributed by atoms with Gasteiger partial charge in [0, 0.05) is 19.3 Å². The van der Waals surface area contributed by atoms with Crippen LogP contribution in [0.15, 0.2) is 42.6 Å². The molecule has 3 rings (SSSR count). The number of hydrogen-bond acceptors (Lipinski definition) is 5. The lowest BCUT2D eigenvalue weighted by molar-refractivity contribution is -0.123. The predicted molar refractivity (Wildman–Crippen MR) is 87.7 cm³/mol. The standard InChI is InChI=1S/C17H20N4O2/c18-15(22)11-17(23)8-4-10-21(12-17)16-7-3-6-14(20-16)13-5-1-2-9-19-13/h1-3,5-7,9,23H,4,8,10-12H2,(H2,18,22). The van der Waals surface area contributed by atoms with Crippen LogP contribution in [-0.2, 0) is 4.79 Å². The minimum Gasteiger partial charge on any atom is -0.388 e. The Morgan fingerprint density at radius 1 is 1.26 bits per heavy atom. The van der Waals surface area contributed by atoms with Crippen molar-refractivity contribution in [3.63, 3.8) is 0 Å². The van der Waals surface area contributed by atoms with Gasteiger partial charge < -0.3 is 15.7 Å². The first kappa shape index (κ1) is 15.4. The van der Waals surface area contributed by atoms with Crippen LogP contribution < -0.4 is 10.6 Å². The summed E-state index contributed by atoms with van der Waals surface area (Å²) in [6.45, 7) is 1.15. The summed E-state index contributed by atoms with van der Waals surface area (Å²) in [4.78, 5) is 22.1. The average molecular weight is 312 g/mol. The van der Waals surface area contributed by atoms with Crippen LogP contribution in [0.3, 0.4) is 0 Å². The van der Waals surface area contributed by atoms with E-state index in [2.05, 4.69) is 9.97 Å². The Balaban J connectivity index is 1.83. The number of nitrogens with zero attached hydrogens (tertiary/aromatic N) is 3. The summed E-state index contributed by atoms with van der Waals surface area (Å²) in [6.07, 6.45) is 3.07. The molecule has 1 atom stereocenters. The summed E-state index contributed by atoms with van der Waals surface area (Å²) in [5.41, 5.74) is 5.76. The third-order valence-corrected chi connectivity index (χ3v) is 4.04. The Kier molecular flexibility index (Phi) is 4.25. The molecule has 1 fully saturated rings. The van der Waals surface area contributed by atoms with E-state index < -0.39 is 11.5 Å². The minimum absolute atomic E-state index is 0.0244. The zero-order valence-corrected chi connectivity index (χ0v) is 12.9. The number of amides is 1. The first-order chi connectivity index (χ1) is 11.1. The molecule has 0 saturated carbocycles. The summed E-state index contributed by atoms with van der Waals surface area (Å²) in [7, 11) is 0. The van der Waals surface area contributed by atoms with Crippen molar-refractivity contribution in [2.75, 3.05) is 18.0 Å². The molecule has 1 aliphatic rings. The number of aromatic nitrogens is 2. The van der Waals surface area contributed by atoms with Crippen molar-refractivity contribution in [3.05, 3.63) is 42.6 Å². The minimum atomic E-state index is -1.08. The van der Waals surface area contributed by atoms with Crippen LogP contribution in [0.2, 0.25) is 0 Å². The van der Waals surface area contributed by atoms with Gasteiger partial charge in [0.2, 0.25) is 5.91 Å². The van der Waals surface area contributed by atoms with E-state index in [9.17, 15) is 9.90 Å². The molecule has 1 aliphatic heterocycles. The van der Waals surface area contributed by atoms with Crippen molar-refractivity contribution in [2.24, 2.45) is 5.73 Å². The number of hydrogen-bond donors (Lipinski definition) is 2. The Labute approximate surface area is 135 Å². The molecule has 0 aromatic carbocycles. The summed E-state index contributed by atoms with van der Waals surface area (Å²) < 4.78 is 0. The molecule has 0 bridgehead atoms. The van der Waals surface area contributed by atoms with Crippen LogP contribution >= 0.6 is 0 Å². The van der Waals surface area contributed by atoms with Gasteiger partial charge in [-0.15, -0.1) is 0 Å². The molecule has 2 aromatic heterocycles. The Morgan fingerprint density at radius 3 is 2.83 bits per heavy atom. The van der Waals surface area contributed by atoms with Gasteiger partial charge >= 0.3 is 0 Å². The van der Waals surface area contributed by atoms with Crippen molar-refractivity contribution in [1.82, 2.24) is 9.97 Å². The summed E-state index contributed by atoms with van der Waals surface area (Å²) in [5, 5.41) is 10.6. The van der Waals surface area contributed by atoms with Crippen molar-refractivity contribution >= 4 is 11.7 Å².